The molecule has 2 heteroatoms. The number of aryl methyl sites for hydroxylation is 1. The van der Waals surface area contributed by atoms with Crippen molar-refractivity contribution in [2.24, 2.45) is 0 Å². The Bertz CT molecular complexity index is 682. The van der Waals surface area contributed by atoms with E-state index in [-0.39, 0.29) is 0 Å². The smallest absolute Gasteiger partial charge is 0.0492 e. The van der Waals surface area contributed by atoms with Crippen molar-refractivity contribution < 1.29 is 0 Å². The second kappa shape index (κ2) is 4.08. The first-order valence-corrected chi connectivity index (χ1v) is 6.35. The second-order valence-corrected chi connectivity index (χ2v) is 4.77. The lowest BCUT2D eigenvalue weighted by molar-refractivity contribution is 0.724. The lowest BCUT2D eigenvalue weighted by atomic mass is 10.2. The third-order valence-corrected chi connectivity index (χ3v) is 3.42. The van der Waals surface area contributed by atoms with Gasteiger partial charge >= 0.3 is 0 Å². The standard InChI is InChI=1S/C15H14ClN/c1-2-9-17-14-6-4-3-5-12(14)13-10-11(16)7-8-15(13)17/h3-8,10H,2,9H2,1H3. The van der Waals surface area contributed by atoms with E-state index in [1.807, 2.05) is 6.07 Å². The molecule has 1 aromatic heterocycles. The summed E-state index contributed by atoms with van der Waals surface area (Å²) < 4.78 is 2.38. The van der Waals surface area contributed by atoms with E-state index in [1.165, 1.54) is 21.8 Å². The van der Waals surface area contributed by atoms with Gasteiger partial charge in [-0.3, -0.25) is 0 Å². The van der Waals surface area contributed by atoms with Crippen molar-refractivity contribution >= 4 is 33.4 Å². The third-order valence-electron chi connectivity index (χ3n) is 3.18. The monoisotopic (exact) mass is 243 g/mol. The topological polar surface area (TPSA) is 4.93 Å². The van der Waals surface area contributed by atoms with Crippen molar-refractivity contribution in [3.05, 3.63) is 47.5 Å². The van der Waals surface area contributed by atoms with E-state index in [4.69, 9.17) is 11.6 Å². The summed E-state index contributed by atoms with van der Waals surface area (Å²) in [4.78, 5) is 0. The first-order valence-electron chi connectivity index (χ1n) is 5.97. The molecule has 86 valence electrons. The van der Waals surface area contributed by atoms with Crippen LogP contribution in [0, 0.1) is 0 Å². The Morgan fingerprint density at radius 1 is 1.00 bits per heavy atom. The molecular weight excluding hydrogens is 230 g/mol. The Kier molecular flexibility index (Phi) is 2.56. The van der Waals surface area contributed by atoms with Gasteiger partial charge in [0.2, 0.25) is 0 Å². The maximum absolute atomic E-state index is 6.10. The van der Waals surface area contributed by atoms with Crippen LogP contribution in [0.5, 0.6) is 0 Å². The molecule has 0 aliphatic carbocycles. The zero-order chi connectivity index (χ0) is 11.8. The highest BCUT2D eigenvalue weighted by Crippen LogP contribution is 2.30. The van der Waals surface area contributed by atoms with Crippen LogP contribution in [-0.4, -0.2) is 4.57 Å². The van der Waals surface area contributed by atoms with E-state index in [2.05, 4.69) is 47.9 Å². The average Bonchev–Trinajstić information content (AvgIpc) is 2.65. The predicted molar refractivity (Wildman–Crippen MR) is 74.7 cm³/mol. The van der Waals surface area contributed by atoms with Crippen molar-refractivity contribution in [3.63, 3.8) is 0 Å². The van der Waals surface area contributed by atoms with Crippen LogP contribution in [0.2, 0.25) is 5.02 Å². The summed E-state index contributed by atoms with van der Waals surface area (Å²) >= 11 is 6.10. The SMILES string of the molecule is CCCn1c2ccccc2c2cc(Cl)ccc21. The van der Waals surface area contributed by atoms with Crippen molar-refractivity contribution in [1.82, 2.24) is 4.57 Å². The fraction of sp³-hybridized carbons (Fsp3) is 0.200. The Morgan fingerprint density at radius 3 is 2.59 bits per heavy atom. The van der Waals surface area contributed by atoms with E-state index in [0.29, 0.717) is 0 Å². The van der Waals surface area contributed by atoms with Crippen LogP contribution in [0.3, 0.4) is 0 Å². The zero-order valence-electron chi connectivity index (χ0n) is 9.78. The van der Waals surface area contributed by atoms with Crippen molar-refractivity contribution in [2.75, 3.05) is 0 Å². The summed E-state index contributed by atoms with van der Waals surface area (Å²) in [7, 11) is 0. The molecule has 0 atom stereocenters. The summed E-state index contributed by atoms with van der Waals surface area (Å²) in [6.07, 6.45) is 1.14. The van der Waals surface area contributed by atoms with E-state index < -0.39 is 0 Å². The van der Waals surface area contributed by atoms with E-state index in [1.54, 1.807) is 0 Å². The molecule has 0 amide bonds. The maximum atomic E-state index is 6.10. The number of rotatable bonds is 2. The summed E-state index contributed by atoms with van der Waals surface area (Å²) in [5.74, 6) is 0. The number of aromatic nitrogens is 1. The summed E-state index contributed by atoms with van der Waals surface area (Å²) in [5, 5.41) is 3.34. The van der Waals surface area contributed by atoms with E-state index >= 15 is 0 Å². The fourth-order valence-corrected chi connectivity index (χ4v) is 2.66. The van der Waals surface area contributed by atoms with Crippen molar-refractivity contribution in [2.45, 2.75) is 19.9 Å². The molecule has 0 saturated carbocycles. The second-order valence-electron chi connectivity index (χ2n) is 4.33. The molecule has 0 bridgehead atoms. The van der Waals surface area contributed by atoms with Crippen LogP contribution in [0.1, 0.15) is 13.3 Å². The lowest BCUT2D eigenvalue weighted by Gasteiger charge is -2.04. The van der Waals surface area contributed by atoms with Gasteiger partial charge in [0, 0.05) is 33.4 Å². The molecule has 3 rings (SSSR count). The maximum Gasteiger partial charge on any atom is 0.0492 e. The highest BCUT2D eigenvalue weighted by molar-refractivity contribution is 6.31. The Hall–Kier alpha value is -1.47. The molecule has 3 aromatic rings. The van der Waals surface area contributed by atoms with Crippen LogP contribution in [0.4, 0.5) is 0 Å². The average molecular weight is 244 g/mol. The molecule has 1 heterocycles. The molecule has 0 radical (unpaired) electrons. The molecule has 0 unspecified atom stereocenters. The van der Waals surface area contributed by atoms with Crippen LogP contribution in [0.25, 0.3) is 21.8 Å². The quantitative estimate of drug-likeness (QED) is 0.606. The minimum absolute atomic E-state index is 0.803. The number of hydrogen-bond acceptors (Lipinski definition) is 0. The van der Waals surface area contributed by atoms with Gasteiger partial charge in [-0.15, -0.1) is 0 Å². The summed E-state index contributed by atoms with van der Waals surface area (Å²) in [6.45, 7) is 3.25. The number of nitrogens with zero attached hydrogens (tertiary/aromatic N) is 1. The molecular formula is C15H14ClN. The minimum Gasteiger partial charge on any atom is -0.340 e. The van der Waals surface area contributed by atoms with Gasteiger partial charge in [0.15, 0.2) is 0 Å². The highest BCUT2D eigenvalue weighted by Gasteiger charge is 2.09. The molecule has 0 aliphatic rings. The van der Waals surface area contributed by atoms with Crippen molar-refractivity contribution in [1.29, 1.82) is 0 Å². The molecule has 0 fully saturated rings. The molecule has 0 saturated heterocycles. The fourth-order valence-electron chi connectivity index (χ4n) is 2.49. The number of hydrogen-bond donors (Lipinski definition) is 0. The summed E-state index contributed by atoms with van der Waals surface area (Å²) in [6, 6.07) is 14.7. The largest absolute Gasteiger partial charge is 0.340 e. The van der Waals surface area contributed by atoms with Crippen molar-refractivity contribution in [3.8, 4) is 0 Å². The van der Waals surface area contributed by atoms with Crippen LogP contribution < -0.4 is 0 Å². The Balaban J connectivity index is 2.48. The van der Waals surface area contributed by atoms with Gasteiger partial charge in [0.25, 0.3) is 0 Å². The van der Waals surface area contributed by atoms with E-state index in [0.717, 1.165) is 18.0 Å². The van der Waals surface area contributed by atoms with Gasteiger partial charge in [0.1, 0.15) is 0 Å². The Labute approximate surface area is 106 Å². The summed E-state index contributed by atoms with van der Waals surface area (Å²) in [5.41, 5.74) is 2.57. The molecule has 1 nitrogen and oxygen atoms in total. The number of para-hydroxylation sites is 1. The predicted octanol–water partition coefficient (Wildman–Crippen LogP) is 4.86. The third kappa shape index (κ3) is 1.62. The van der Waals surface area contributed by atoms with Gasteiger partial charge in [-0.1, -0.05) is 36.7 Å². The molecule has 17 heavy (non-hydrogen) atoms. The Morgan fingerprint density at radius 2 is 1.76 bits per heavy atom. The van der Waals surface area contributed by atoms with Gasteiger partial charge in [0.05, 0.1) is 0 Å². The first kappa shape index (κ1) is 10.7. The molecule has 2 aromatic carbocycles. The van der Waals surface area contributed by atoms with Gasteiger partial charge in [-0.25, -0.2) is 0 Å². The molecule has 0 spiro atoms. The zero-order valence-corrected chi connectivity index (χ0v) is 10.5. The molecule has 0 N–H and O–H groups in total. The number of benzene rings is 2. The van der Waals surface area contributed by atoms with Crippen LogP contribution >= 0.6 is 11.6 Å². The first-order chi connectivity index (χ1) is 8.31. The number of fused-ring (bicyclic) bond motifs is 3. The van der Waals surface area contributed by atoms with Gasteiger partial charge < -0.3 is 4.57 Å². The van der Waals surface area contributed by atoms with Gasteiger partial charge in [-0.2, -0.15) is 0 Å². The number of halogens is 1. The highest BCUT2D eigenvalue weighted by atomic mass is 35.5. The van der Waals surface area contributed by atoms with Gasteiger partial charge in [-0.05, 0) is 30.7 Å². The van der Waals surface area contributed by atoms with E-state index in [9.17, 15) is 0 Å². The van der Waals surface area contributed by atoms with Crippen LogP contribution in [-0.2, 0) is 6.54 Å². The lowest BCUT2D eigenvalue weighted by Crippen LogP contribution is -1.95. The molecule has 0 aliphatic heterocycles. The van der Waals surface area contributed by atoms with Crippen LogP contribution in [0.15, 0.2) is 42.5 Å². The normalized spacial score (nSPS) is 11.4. The minimum atomic E-state index is 0.803.